The monoisotopic (exact) mass is 839 g/mol. The van der Waals surface area contributed by atoms with Crippen LogP contribution in [0.3, 0.4) is 0 Å². The normalized spacial score (nSPS) is 21.1. The fourth-order valence-corrected chi connectivity index (χ4v) is 8.17. The summed E-state index contributed by atoms with van der Waals surface area (Å²) >= 11 is 6.51. The maximum Gasteiger partial charge on any atom is 0.257 e. The van der Waals surface area contributed by atoms with Crippen LogP contribution in [0, 0.1) is 0 Å². The van der Waals surface area contributed by atoms with Gasteiger partial charge < -0.3 is 43.2 Å². The molecule has 1 aromatic carbocycles. The standard InChI is InChI=1S/C41H58ClN9O8/c1-30(24-49-29-43-28-46-49)59-39-21-31(3-10-37(39)42)32-22-44-41(45-23-32)47-38-25-50(33-4-6-34(7-5-33)51-35-8-9-36(51)27-57-26-35)48-40(38)58-20-19-56-18-17-55-16-15-54-14-13-53-12-11-52-2/h3,10,21-23,25,28-30,33-36H,4-9,11-20,24,26-27H2,1-2H3,(H,44,45,47)/t30-,33-,34-,35-,36+/m0/s1. The Morgan fingerprint density at radius 1 is 0.797 bits per heavy atom. The number of morpholine rings is 1. The molecular weight excluding hydrogens is 782 g/mol. The topological polar surface area (TPSA) is 163 Å². The number of ether oxygens (including phenoxy) is 8. The Morgan fingerprint density at radius 3 is 2.07 bits per heavy atom. The van der Waals surface area contributed by atoms with Crippen molar-refractivity contribution in [2.45, 2.75) is 82.3 Å². The average Bonchev–Trinajstić information content (AvgIpc) is 3.98. The van der Waals surface area contributed by atoms with Crippen LogP contribution in [-0.4, -0.2) is 150 Å². The predicted octanol–water partition coefficient (Wildman–Crippen LogP) is 5.23. The molecule has 7 rings (SSSR count). The molecule has 17 nitrogen and oxygen atoms in total. The second-order valence-corrected chi connectivity index (χ2v) is 15.5. The first-order valence-corrected chi connectivity index (χ1v) is 21.2. The zero-order valence-electron chi connectivity index (χ0n) is 34.2. The zero-order chi connectivity index (χ0) is 40.7. The number of nitrogens with zero attached hydrogens (tertiary/aromatic N) is 8. The second kappa shape index (κ2) is 22.6. The molecular formula is C41H58ClN9O8. The minimum absolute atomic E-state index is 0.182. The summed E-state index contributed by atoms with van der Waals surface area (Å²) in [6.45, 7) is 9.03. The fraction of sp³-hybridized carbons (Fsp3) is 0.634. The Kier molecular flexibility index (Phi) is 16.5. The van der Waals surface area contributed by atoms with Gasteiger partial charge in [0, 0.05) is 43.2 Å². The summed E-state index contributed by atoms with van der Waals surface area (Å²) in [4.78, 5) is 16.1. The summed E-state index contributed by atoms with van der Waals surface area (Å²) in [5.74, 6) is 1.47. The van der Waals surface area contributed by atoms with Gasteiger partial charge in [-0.15, -0.1) is 5.10 Å². The van der Waals surface area contributed by atoms with E-state index in [9.17, 15) is 0 Å². The van der Waals surface area contributed by atoms with Gasteiger partial charge in [-0.2, -0.15) is 5.10 Å². The van der Waals surface area contributed by atoms with E-state index in [2.05, 4.69) is 34.9 Å². The molecule has 3 aromatic heterocycles. The third-order valence-corrected chi connectivity index (χ3v) is 11.2. The van der Waals surface area contributed by atoms with E-state index in [0.29, 0.717) is 119 Å². The Hall–Kier alpha value is -3.94. The highest BCUT2D eigenvalue weighted by atomic mass is 35.5. The van der Waals surface area contributed by atoms with E-state index >= 15 is 0 Å². The van der Waals surface area contributed by atoms with Gasteiger partial charge in [0.05, 0.1) is 96.5 Å². The number of benzene rings is 1. The predicted molar refractivity (Wildman–Crippen MR) is 220 cm³/mol. The van der Waals surface area contributed by atoms with Crippen molar-refractivity contribution < 1.29 is 37.9 Å². The Morgan fingerprint density at radius 2 is 1.42 bits per heavy atom. The highest BCUT2D eigenvalue weighted by Crippen LogP contribution is 2.39. The minimum Gasteiger partial charge on any atom is -0.487 e. The van der Waals surface area contributed by atoms with E-state index in [0.717, 1.165) is 50.0 Å². The number of methoxy groups -OCH3 is 1. The lowest BCUT2D eigenvalue weighted by Gasteiger charge is -2.43. The molecule has 59 heavy (non-hydrogen) atoms. The van der Waals surface area contributed by atoms with Crippen molar-refractivity contribution in [2.75, 3.05) is 91.7 Å². The van der Waals surface area contributed by atoms with Crippen molar-refractivity contribution in [1.29, 1.82) is 0 Å². The summed E-state index contributed by atoms with van der Waals surface area (Å²) in [5, 5.41) is 13.0. The fourth-order valence-electron chi connectivity index (χ4n) is 8.01. The van der Waals surface area contributed by atoms with Crippen molar-refractivity contribution in [3.05, 3.63) is 54.5 Å². The number of halogens is 1. The zero-order valence-corrected chi connectivity index (χ0v) is 34.9. The molecule has 4 aromatic rings. The molecule has 3 fully saturated rings. The molecule has 2 aliphatic heterocycles. The molecule has 18 heteroatoms. The van der Waals surface area contributed by atoms with E-state index in [4.69, 9.17) is 54.6 Å². The molecule has 1 aliphatic carbocycles. The summed E-state index contributed by atoms with van der Waals surface area (Å²) < 4.78 is 49.3. The molecule has 3 aliphatic rings. The lowest BCUT2D eigenvalue weighted by molar-refractivity contribution is -0.0458. The van der Waals surface area contributed by atoms with E-state index in [-0.39, 0.29) is 12.1 Å². The van der Waals surface area contributed by atoms with Crippen LogP contribution >= 0.6 is 11.6 Å². The highest BCUT2D eigenvalue weighted by Gasteiger charge is 2.42. The molecule has 2 bridgehead atoms. The number of rotatable bonds is 25. The molecule has 0 spiro atoms. The third kappa shape index (κ3) is 12.5. The molecule has 3 atom stereocenters. The molecule has 0 unspecified atom stereocenters. The average molecular weight is 840 g/mol. The van der Waals surface area contributed by atoms with Crippen LogP contribution in [0.2, 0.25) is 5.02 Å². The van der Waals surface area contributed by atoms with Gasteiger partial charge >= 0.3 is 0 Å². The lowest BCUT2D eigenvalue weighted by atomic mass is 9.89. The molecule has 322 valence electrons. The minimum atomic E-state index is -0.182. The number of nitrogens with one attached hydrogen (secondary N) is 1. The van der Waals surface area contributed by atoms with Gasteiger partial charge in [0.2, 0.25) is 5.95 Å². The lowest BCUT2D eigenvalue weighted by Crippen LogP contribution is -2.52. The Labute approximate surface area is 350 Å². The van der Waals surface area contributed by atoms with Crippen LogP contribution in [-0.2, 0) is 35.0 Å². The van der Waals surface area contributed by atoms with Crippen LogP contribution in [0.15, 0.2) is 49.4 Å². The number of fused-ring (bicyclic) bond motifs is 2. The van der Waals surface area contributed by atoms with Gasteiger partial charge in [-0.1, -0.05) is 17.7 Å². The van der Waals surface area contributed by atoms with E-state index in [1.807, 2.05) is 31.3 Å². The molecule has 0 radical (unpaired) electrons. The molecule has 0 amide bonds. The van der Waals surface area contributed by atoms with Gasteiger partial charge in [0.15, 0.2) is 0 Å². The van der Waals surface area contributed by atoms with Gasteiger partial charge in [-0.05, 0) is 63.1 Å². The van der Waals surface area contributed by atoms with Crippen LogP contribution < -0.4 is 14.8 Å². The summed E-state index contributed by atoms with van der Waals surface area (Å²) in [7, 11) is 1.65. The summed E-state index contributed by atoms with van der Waals surface area (Å²) in [6, 6.07) is 7.65. The summed E-state index contributed by atoms with van der Waals surface area (Å²) in [5.41, 5.74) is 2.39. The molecule has 5 heterocycles. The smallest absolute Gasteiger partial charge is 0.257 e. The number of aromatic nitrogens is 7. The quantitative estimate of drug-likeness (QED) is 0.0863. The first kappa shape index (κ1) is 43.2. The van der Waals surface area contributed by atoms with Crippen molar-refractivity contribution >= 4 is 23.2 Å². The number of anilines is 2. The van der Waals surface area contributed by atoms with Crippen molar-refractivity contribution in [1.82, 2.24) is 39.4 Å². The van der Waals surface area contributed by atoms with E-state index in [1.54, 1.807) is 30.5 Å². The van der Waals surface area contributed by atoms with Gasteiger partial charge in [0.1, 0.15) is 36.8 Å². The second-order valence-electron chi connectivity index (χ2n) is 15.1. The maximum atomic E-state index is 6.51. The highest BCUT2D eigenvalue weighted by molar-refractivity contribution is 6.32. The van der Waals surface area contributed by atoms with Crippen LogP contribution in [0.4, 0.5) is 11.6 Å². The van der Waals surface area contributed by atoms with E-state index < -0.39 is 0 Å². The van der Waals surface area contributed by atoms with Crippen molar-refractivity contribution in [3.8, 4) is 22.8 Å². The maximum absolute atomic E-state index is 6.51. The van der Waals surface area contributed by atoms with Crippen molar-refractivity contribution in [2.24, 2.45) is 0 Å². The van der Waals surface area contributed by atoms with Crippen LogP contribution in [0.1, 0.15) is 51.5 Å². The Bertz CT molecular complexity index is 1800. The van der Waals surface area contributed by atoms with Crippen LogP contribution in [0.5, 0.6) is 11.6 Å². The molecule has 1 saturated carbocycles. The van der Waals surface area contributed by atoms with Crippen LogP contribution in [0.25, 0.3) is 11.1 Å². The van der Waals surface area contributed by atoms with Crippen molar-refractivity contribution in [3.63, 3.8) is 0 Å². The molecule has 2 saturated heterocycles. The molecule has 1 N–H and O–H groups in total. The van der Waals surface area contributed by atoms with Gasteiger partial charge in [-0.3, -0.25) is 9.58 Å². The first-order chi connectivity index (χ1) is 29.0. The number of hydrogen-bond acceptors (Lipinski definition) is 15. The third-order valence-electron chi connectivity index (χ3n) is 10.9. The first-order valence-electron chi connectivity index (χ1n) is 20.8. The van der Waals surface area contributed by atoms with E-state index in [1.165, 1.54) is 19.2 Å². The Balaban J connectivity index is 0.920. The number of hydrogen-bond donors (Lipinski definition) is 1. The largest absolute Gasteiger partial charge is 0.487 e. The SMILES string of the molecule is COCCOCCOCCOCCOCCOc1nn([C@H]2CC[C@H](N3[C@@H]4CC[C@H]3COC4)CC2)cc1Nc1ncc(-c2ccc(Cl)c(O[C@@H](C)Cn3cncn3)c2)cn1. The van der Waals surface area contributed by atoms with Gasteiger partial charge in [0.25, 0.3) is 5.88 Å². The van der Waals surface area contributed by atoms with Gasteiger partial charge in [-0.25, -0.2) is 19.6 Å². The summed E-state index contributed by atoms with van der Waals surface area (Å²) in [6.07, 6.45) is 15.4.